The van der Waals surface area contributed by atoms with Crippen LogP contribution in [-0.4, -0.2) is 24.7 Å². The van der Waals surface area contributed by atoms with Crippen LogP contribution < -0.4 is 19.5 Å². The molecule has 0 bridgehead atoms. The second-order valence-corrected chi connectivity index (χ2v) is 12.2. The lowest BCUT2D eigenvalue weighted by atomic mass is 10.0. The Morgan fingerprint density at radius 3 is 2.33 bits per heavy atom. The van der Waals surface area contributed by atoms with E-state index in [1.54, 1.807) is 6.07 Å². The van der Waals surface area contributed by atoms with E-state index in [1.807, 2.05) is 80.6 Å². The summed E-state index contributed by atoms with van der Waals surface area (Å²) >= 11 is 0. The predicted octanol–water partition coefficient (Wildman–Crippen LogP) is 7.88. The summed E-state index contributed by atoms with van der Waals surface area (Å²) in [4.78, 5) is 23.6. The first-order valence-corrected chi connectivity index (χ1v) is 14.2. The summed E-state index contributed by atoms with van der Waals surface area (Å²) in [5, 5.41) is 2.41. The van der Waals surface area contributed by atoms with Crippen LogP contribution in [0.1, 0.15) is 52.7 Å². The zero-order valence-electron chi connectivity index (χ0n) is 25.5. The van der Waals surface area contributed by atoms with E-state index in [9.17, 15) is 9.59 Å². The first-order chi connectivity index (χ1) is 19.9. The SMILES string of the molecule is CC(C)=CC1C(C(=O)OCc2cccc(Oc3ccccc3)c2)C1(C)C.CNC(=O)Oc1cccc2c1OC(C)(C)C2. The van der Waals surface area contributed by atoms with Gasteiger partial charge in [0.25, 0.3) is 0 Å². The van der Waals surface area contributed by atoms with Gasteiger partial charge in [0.2, 0.25) is 0 Å². The third kappa shape index (κ3) is 7.72. The van der Waals surface area contributed by atoms with E-state index < -0.39 is 6.09 Å². The van der Waals surface area contributed by atoms with Crippen LogP contribution in [0.2, 0.25) is 0 Å². The molecule has 2 aliphatic rings. The quantitative estimate of drug-likeness (QED) is 0.229. The molecule has 3 aromatic carbocycles. The number of benzene rings is 3. The normalized spacial score (nSPS) is 18.6. The Kier molecular flexibility index (Phi) is 9.30. The fourth-order valence-corrected chi connectivity index (χ4v) is 5.18. The van der Waals surface area contributed by atoms with Crippen molar-refractivity contribution in [3.63, 3.8) is 0 Å². The molecule has 1 N–H and O–H groups in total. The number of carbonyl (C=O) groups is 2. The molecule has 42 heavy (non-hydrogen) atoms. The summed E-state index contributed by atoms with van der Waals surface area (Å²) in [6.07, 6.45) is 2.52. The molecule has 0 aromatic heterocycles. The smallest absolute Gasteiger partial charge is 0.412 e. The number of carbonyl (C=O) groups excluding carboxylic acids is 2. The van der Waals surface area contributed by atoms with Gasteiger partial charge >= 0.3 is 12.1 Å². The van der Waals surface area contributed by atoms with Crippen molar-refractivity contribution in [3.8, 4) is 23.0 Å². The molecule has 1 aliphatic heterocycles. The van der Waals surface area contributed by atoms with Gasteiger partial charge in [-0.3, -0.25) is 4.79 Å². The Bertz CT molecular complexity index is 1440. The summed E-state index contributed by atoms with van der Waals surface area (Å²) < 4.78 is 22.3. The maximum atomic E-state index is 12.5. The second kappa shape index (κ2) is 12.7. The van der Waals surface area contributed by atoms with Crippen molar-refractivity contribution < 1.29 is 28.5 Å². The van der Waals surface area contributed by atoms with Crippen molar-refractivity contribution >= 4 is 12.1 Å². The van der Waals surface area contributed by atoms with Gasteiger partial charge in [-0.05, 0) is 74.9 Å². The average molecular weight is 572 g/mol. The minimum absolute atomic E-state index is 0.0212. The summed E-state index contributed by atoms with van der Waals surface area (Å²) in [5.74, 6) is 2.77. The van der Waals surface area contributed by atoms with E-state index in [2.05, 4.69) is 39.1 Å². The van der Waals surface area contributed by atoms with E-state index >= 15 is 0 Å². The number of hydrogen-bond donors (Lipinski definition) is 1. The molecular weight excluding hydrogens is 530 g/mol. The lowest BCUT2D eigenvalue weighted by molar-refractivity contribution is -0.147. The molecule has 3 aromatic rings. The molecule has 1 fully saturated rings. The molecule has 1 saturated carbocycles. The van der Waals surface area contributed by atoms with Crippen molar-refractivity contribution in [1.29, 1.82) is 0 Å². The van der Waals surface area contributed by atoms with Gasteiger partial charge in [0, 0.05) is 19.0 Å². The van der Waals surface area contributed by atoms with Gasteiger partial charge < -0.3 is 24.3 Å². The molecule has 0 spiro atoms. The molecule has 5 rings (SSSR count). The van der Waals surface area contributed by atoms with Crippen LogP contribution >= 0.6 is 0 Å². The third-order valence-electron chi connectivity index (χ3n) is 7.40. The lowest BCUT2D eigenvalue weighted by Crippen LogP contribution is -2.25. The highest BCUT2D eigenvalue weighted by Gasteiger charge is 2.61. The monoisotopic (exact) mass is 571 g/mol. The van der Waals surface area contributed by atoms with E-state index in [-0.39, 0.29) is 35.4 Å². The molecule has 222 valence electrons. The van der Waals surface area contributed by atoms with E-state index in [0.29, 0.717) is 11.5 Å². The van der Waals surface area contributed by atoms with Crippen LogP contribution in [0.3, 0.4) is 0 Å². The largest absolute Gasteiger partial charge is 0.483 e. The van der Waals surface area contributed by atoms with Crippen LogP contribution in [0, 0.1) is 17.3 Å². The standard InChI is InChI=1S/C23H26O3.C12H15NO3/c1-16(2)13-20-21(23(20,3)4)22(24)25-15-17-9-8-12-19(14-17)26-18-10-6-5-7-11-18;1-12(2)7-8-5-4-6-9(10(8)16-12)15-11(14)13-3/h5-14,20-21H,15H2,1-4H3;4-6H,7H2,1-3H3,(H,13,14). The first kappa shape index (κ1) is 30.7. The lowest BCUT2D eigenvalue weighted by Gasteiger charge is -2.17. The van der Waals surface area contributed by atoms with Gasteiger partial charge in [0.05, 0.1) is 5.92 Å². The summed E-state index contributed by atoms with van der Waals surface area (Å²) in [7, 11) is 1.52. The minimum atomic E-state index is -0.485. The maximum Gasteiger partial charge on any atom is 0.412 e. The highest BCUT2D eigenvalue weighted by atomic mass is 16.6. The molecule has 1 aliphatic carbocycles. The van der Waals surface area contributed by atoms with Crippen LogP contribution in [0.25, 0.3) is 0 Å². The maximum absolute atomic E-state index is 12.5. The number of fused-ring (bicyclic) bond motifs is 1. The molecule has 0 saturated heterocycles. The summed E-state index contributed by atoms with van der Waals surface area (Å²) in [5.41, 5.74) is 2.98. The van der Waals surface area contributed by atoms with Gasteiger partial charge in [-0.1, -0.05) is 68.0 Å². The van der Waals surface area contributed by atoms with Gasteiger partial charge in [0.1, 0.15) is 23.7 Å². The number of amides is 1. The second-order valence-electron chi connectivity index (χ2n) is 12.2. The number of nitrogens with one attached hydrogen (secondary N) is 1. The Balaban J connectivity index is 0.000000216. The van der Waals surface area contributed by atoms with E-state index in [1.165, 1.54) is 12.6 Å². The van der Waals surface area contributed by atoms with Crippen molar-refractivity contribution in [1.82, 2.24) is 5.32 Å². The van der Waals surface area contributed by atoms with E-state index in [4.69, 9.17) is 18.9 Å². The highest BCUT2D eigenvalue weighted by molar-refractivity contribution is 5.78. The number of hydrogen-bond acceptors (Lipinski definition) is 6. The van der Waals surface area contributed by atoms with Crippen molar-refractivity contribution in [2.45, 2.75) is 60.2 Å². The zero-order chi connectivity index (χ0) is 30.5. The summed E-state index contributed by atoms with van der Waals surface area (Å²) in [6.45, 7) is 12.7. The molecular formula is C35H41NO6. The molecule has 1 amide bonds. The third-order valence-corrected chi connectivity index (χ3v) is 7.40. The molecule has 2 unspecified atom stereocenters. The Morgan fingerprint density at radius 2 is 1.64 bits per heavy atom. The number of para-hydroxylation sites is 2. The van der Waals surface area contributed by atoms with Gasteiger partial charge in [-0.2, -0.15) is 0 Å². The fraction of sp³-hybridized carbons (Fsp3) is 0.371. The van der Waals surface area contributed by atoms with Crippen molar-refractivity contribution in [2.24, 2.45) is 17.3 Å². The number of esters is 1. The minimum Gasteiger partial charge on any atom is -0.483 e. The predicted molar refractivity (Wildman–Crippen MR) is 163 cm³/mol. The highest BCUT2D eigenvalue weighted by Crippen LogP contribution is 2.59. The molecule has 7 nitrogen and oxygen atoms in total. The topological polar surface area (TPSA) is 83.1 Å². The number of rotatable bonds is 7. The zero-order valence-corrected chi connectivity index (χ0v) is 25.5. The molecule has 1 heterocycles. The van der Waals surface area contributed by atoms with Gasteiger partial charge in [-0.15, -0.1) is 0 Å². The Hall–Kier alpha value is -4.26. The van der Waals surface area contributed by atoms with Gasteiger partial charge in [0.15, 0.2) is 11.5 Å². The fourth-order valence-electron chi connectivity index (χ4n) is 5.18. The average Bonchev–Trinajstić information content (AvgIpc) is 3.30. The first-order valence-electron chi connectivity index (χ1n) is 14.2. The van der Waals surface area contributed by atoms with Crippen molar-refractivity contribution in [2.75, 3.05) is 7.05 Å². The number of ether oxygens (including phenoxy) is 4. The van der Waals surface area contributed by atoms with Crippen LogP contribution in [-0.2, 0) is 22.6 Å². The van der Waals surface area contributed by atoms with Crippen molar-refractivity contribution in [3.05, 3.63) is 95.6 Å². The Labute approximate surface area is 248 Å². The van der Waals surface area contributed by atoms with Crippen LogP contribution in [0.5, 0.6) is 23.0 Å². The van der Waals surface area contributed by atoms with E-state index in [0.717, 1.165) is 29.0 Å². The molecule has 7 heteroatoms. The Morgan fingerprint density at radius 1 is 0.952 bits per heavy atom. The molecule has 2 atom stereocenters. The summed E-state index contributed by atoms with van der Waals surface area (Å²) in [6, 6.07) is 22.9. The van der Waals surface area contributed by atoms with Crippen LogP contribution in [0.4, 0.5) is 4.79 Å². The molecule has 0 radical (unpaired) electrons. The van der Waals surface area contributed by atoms with Gasteiger partial charge in [-0.25, -0.2) is 4.79 Å². The number of allylic oxidation sites excluding steroid dienone is 2. The van der Waals surface area contributed by atoms with Crippen LogP contribution in [0.15, 0.2) is 84.4 Å².